The first-order chi connectivity index (χ1) is 11.4. The largest absolute Gasteiger partial charge is 0.376 e. The van der Waals surface area contributed by atoms with E-state index in [1.807, 2.05) is 24.4 Å². The normalized spacial score (nSPS) is 17.5. The highest BCUT2D eigenvalue weighted by atomic mass is 127. The number of pyridine rings is 1. The summed E-state index contributed by atoms with van der Waals surface area (Å²) in [5.74, 6) is 0.817. The van der Waals surface area contributed by atoms with Gasteiger partial charge in [-0.05, 0) is 31.2 Å². The summed E-state index contributed by atoms with van der Waals surface area (Å²) in [6, 6.07) is 10.3. The van der Waals surface area contributed by atoms with E-state index in [1.165, 1.54) is 5.39 Å². The molecular weight excluding hydrogens is 415 g/mol. The second-order valence-corrected chi connectivity index (χ2v) is 5.69. The fraction of sp³-hybridized carbons (Fsp3) is 0.444. The van der Waals surface area contributed by atoms with E-state index in [4.69, 9.17) is 4.74 Å². The highest BCUT2D eigenvalue weighted by Gasteiger charge is 2.15. The predicted octanol–water partition coefficient (Wildman–Crippen LogP) is 3.09. The van der Waals surface area contributed by atoms with Crippen LogP contribution < -0.4 is 10.6 Å². The second-order valence-electron chi connectivity index (χ2n) is 5.69. The van der Waals surface area contributed by atoms with Crippen molar-refractivity contribution in [3.8, 4) is 0 Å². The van der Waals surface area contributed by atoms with Crippen molar-refractivity contribution in [1.29, 1.82) is 0 Å². The maximum Gasteiger partial charge on any atom is 0.191 e. The number of rotatable bonds is 5. The molecule has 1 aliphatic heterocycles. The smallest absolute Gasteiger partial charge is 0.191 e. The average molecular weight is 440 g/mol. The Bertz CT molecular complexity index is 666. The van der Waals surface area contributed by atoms with Crippen molar-refractivity contribution in [2.45, 2.75) is 32.4 Å². The highest BCUT2D eigenvalue weighted by molar-refractivity contribution is 14.0. The van der Waals surface area contributed by atoms with Gasteiger partial charge in [-0.15, -0.1) is 24.0 Å². The summed E-state index contributed by atoms with van der Waals surface area (Å²) in [6.45, 7) is 5.14. The van der Waals surface area contributed by atoms with Crippen LogP contribution in [0.2, 0.25) is 0 Å². The van der Waals surface area contributed by atoms with Gasteiger partial charge in [0.05, 0.1) is 18.3 Å². The molecule has 0 spiro atoms. The summed E-state index contributed by atoms with van der Waals surface area (Å²) in [6.07, 6.45) is 4.42. The molecule has 24 heavy (non-hydrogen) atoms. The fourth-order valence-corrected chi connectivity index (χ4v) is 2.82. The van der Waals surface area contributed by atoms with Crippen LogP contribution >= 0.6 is 24.0 Å². The number of ether oxygens (including phenoxy) is 1. The van der Waals surface area contributed by atoms with Gasteiger partial charge < -0.3 is 15.4 Å². The van der Waals surface area contributed by atoms with Crippen molar-refractivity contribution in [3.63, 3.8) is 0 Å². The number of nitrogens with zero attached hydrogens (tertiary/aromatic N) is 2. The zero-order valence-electron chi connectivity index (χ0n) is 14.0. The van der Waals surface area contributed by atoms with Crippen molar-refractivity contribution >= 4 is 40.7 Å². The molecule has 0 aliphatic carbocycles. The fourth-order valence-electron chi connectivity index (χ4n) is 2.82. The SMILES string of the molecule is CCNC(=NCc1nccc2ccccc12)NCC1CCCO1.I. The van der Waals surface area contributed by atoms with Gasteiger partial charge in [-0.3, -0.25) is 4.98 Å². The number of aliphatic imine (C=N–C) groups is 1. The summed E-state index contributed by atoms with van der Waals surface area (Å²) < 4.78 is 5.64. The van der Waals surface area contributed by atoms with Crippen LogP contribution in [0.5, 0.6) is 0 Å². The zero-order valence-corrected chi connectivity index (χ0v) is 16.3. The number of benzene rings is 1. The highest BCUT2D eigenvalue weighted by Crippen LogP contribution is 2.16. The molecule has 1 saturated heterocycles. The molecule has 0 saturated carbocycles. The monoisotopic (exact) mass is 440 g/mol. The molecule has 5 nitrogen and oxygen atoms in total. The molecular formula is C18H25IN4O. The standard InChI is InChI=1S/C18H24N4O.HI/c1-2-19-18(21-12-15-7-5-11-23-15)22-13-17-16-8-4-3-6-14(16)9-10-20-17;/h3-4,6,8-10,15H,2,5,7,11-13H2,1H3,(H2,19,21,22);1H. The topological polar surface area (TPSA) is 58.5 Å². The van der Waals surface area contributed by atoms with E-state index in [0.29, 0.717) is 12.6 Å². The van der Waals surface area contributed by atoms with Gasteiger partial charge in [0.2, 0.25) is 0 Å². The van der Waals surface area contributed by atoms with Gasteiger partial charge in [-0.2, -0.15) is 0 Å². The van der Waals surface area contributed by atoms with Gasteiger partial charge in [0.1, 0.15) is 0 Å². The Balaban J connectivity index is 0.00000208. The minimum absolute atomic E-state index is 0. The lowest BCUT2D eigenvalue weighted by atomic mass is 10.1. The Morgan fingerprint density at radius 2 is 2.17 bits per heavy atom. The van der Waals surface area contributed by atoms with Crippen LogP contribution in [0.25, 0.3) is 10.8 Å². The summed E-state index contributed by atoms with van der Waals surface area (Å²) in [4.78, 5) is 9.16. The van der Waals surface area contributed by atoms with E-state index in [0.717, 1.165) is 49.6 Å². The molecule has 2 aromatic rings. The maximum atomic E-state index is 5.64. The Hall–Kier alpha value is -1.41. The van der Waals surface area contributed by atoms with Gasteiger partial charge in [-0.25, -0.2) is 4.99 Å². The van der Waals surface area contributed by atoms with Crippen molar-refractivity contribution in [2.24, 2.45) is 4.99 Å². The molecule has 130 valence electrons. The lowest BCUT2D eigenvalue weighted by Crippen LogP contribution is -2.41. The average Bonchev–Trinajstić information content (AvgIpc) is 3.11. The Kier molecular flexibility index (Phi) is 7.71. The quantitative estimate of drug-likeness (QED) is 0.426. The molecule has 2 N–H and O–H groups in total. The number of fused-ring (bicyclic) bond motifs is 1. The van der Waals surface area contributed by atoms with Gasteiger partial charge >= 0.3 is 0 Å². The molecule has 3 rings (SSSR count). The van der Waals surface area contributed by atoms with Crippen molar-refractivity contribution in [2.75, 3.05) is 19.7 Å². The Morgan fingerprint density at radius 3 is 2.96 bits per heavy atom. The van der Waals surface area contributed by atoms with E-state index in [2.05, 4.69) is 39.7 Å². The van der Waals surface area contributed by atoms with Crippen LogP contribution in [0.4, 0.5) is 0 Å². The maximum absolute atomic E-state index is 5.64. The number of halogens is 1. The van der Waals surface area contributed by atoms with Gasteiger partial charge in [0.25, 0.3) is 0 Å². The first kappa shape index (κ1) is 18.9. The van der Waals surface area contributed by atoms with Gasteiger partial charge in [0, 0.05) is 31.3 Å². The van der Waals surface area contributed by atoms with E-state index in [-0.39, 0.29) is 24.0 Å². The summed E-state index contributed by atoms with van der Waals surface area (Å²) in [5, 5.41) is 9.01. The van der Waals surface area contributed by atoms with Crippen LogP contribution in [-0.2, 0) is 11.3 Å². The molecule has 1 atom stereocenters. The first-order valence-electron chi connectivity index (χ1n) is 8.33. The zero-order chi connectivity index (χ0) is 15.9. The summed E-state index contributed by atoms with van der Waals surface area (Å²) >= 11 is 0. The third-order valence-corrected chi connectivity index (χ3v) is 4.01. The van der Waals surface area contributed by atoms with Crippen LogP contribution in [0.1, 0.15) is 25.5 Å². The Labute approximate surface area is 160 Å². The predicted molar refractivity (Wildman–Crippen MR) is 109 cm³/mol. The third kappa shape index (κ3) is 5.04. The summed E-state index contributed by atoms with van der Waals surface area (Å²) in [5.41, 5.74) is 0.998. The lowest BCUT2D eigenvalue weighted by Gasteiger charge is -2.14. The van der Waals surface area contributed by atoms with Crippen LogP contribution in [-0.4, -0.2) is 36.7 Å². The Morgan fingerprint density at radius 1 is 1.29 bits per heavy atom. The number of nitrogens with one attached hydrogen (secondary N) is 2. The third-order valence-electron chi connectivity index (χ3n) is 4.01. The molecule has 0 bridgehead atoms. The van der Waals surface area contributed by atoms with Gasteiger partial charge in [0.15, 0.2) is 5.96 Å². The molecule has 1 unspecified atom stereocenters. The second kappa shape index (κ2) is 9.78. The van der Waals surface area contributed by atoms with Crippen LogP contribution in [0.15, 0.2) is 41.5 Å². The van der Waals surface area contributed by atoms with Crippen molar-refractivity contribution in [1.82, 2.24) is 15.6 Å². The van der Waals surface area contributed by atoms with Crippen LogP contribution in [0.3, 0.4) is 0 Å². The van der Waals surface area contributed by atoms with Crippen molar-refractivity contribution < 1.29 is 4.74 Å². The molecule has 0 amide bonds. The van der Waals surface area contributed by atoms with E-state index in [1.54, 1.807) is 0 Å². The van der Waals surface area contributed by atoms with Gasteiger partial charge in [-0.1, -0.05) is 24.3 Å². The first-order valence-corrected chi connectivity index (χ1v) is 8.33. The molecule has 6 heteroatoms. The number of aromatic nitrogens is 1. The molecule has 1 aromatic carbocycles. The lowest BCUT2D eigenvalue weighted by molar-refractivity contribution is 0.114. The number of hydrogen-bond acceptors (Lipinski definition) is 3. The minimum atomic E-state index is 0. The van der Waals surface area contributed by atoms with Crippen LogP contribution in [0, 0.1) is 0 Å². The molecule has 1 aliphatic rings. The molecule has 1 fully saturated rings. The minimum Gasteiger partial charge on any atom is -0.376 e. The summed E-state index contributed by atoms with van der Waals surface area (Å²) in [7, 11) is 0. The van der Waals surface area contributed by atoms with E-state index < -0.39 is 0 Å². The molecule has 2 heterocycles. The molecule has 1 aromatic heterocycles. The number of guanidine groups is 1. The van der Waals surface area contributed by atoms with E-state index >= 15 is 0 Å². The number of hydrogen-bond donors (Lipinski definition) is 2. The van der Waals surface area contributed by atoms with Crippen molar-refractivity contribution in [3.05, 3.63) is 42.2 Å². The van der Waals surface area contributed by atoms with E-state index in [9.17, 15) is 0 Å². The molecule has 0 radical (unpaired) electrons.